The quantitative estimate of drug-likeness (QED) is 0.845. The minimum Gasteiger partial charge on any atom is -0.326 e. The van der Waals surface area contributed by atoms with Gasteiger partial charge in [0.1, 0.15) is 0 Å². The zero-order valence-corrected chi connectivity index (χ0v) is 10.2. The molecular formula is C13H20N2O. The third-order valence-electron chi connectivity index (χ3n) is 2.53. The van der Waals surface area contributed by atoms with Crippen LogP contribution in [0.3, 0.4) is 0 Å². The summed E-state index contributed by atoms with van der Waals surface area (Å²) < 4.78 is 0. The normalized spacial score (nSPS) is 10.6. The number of carbonyl (C=O) groups is 1. The minimum absolute atomic E-state index is 0.135. The molecule has 0 fully saturated rings. The molecule has 0 aliphatic heterocycles. The summed E-state index contributed by atoms with van der Waals surface area (Å²) in [6.07, 6.45) is 0.565. The minimum atomic E-state index is 0.135. The average Bonchev–Trinajstić information content (AvgIpc) is 2.27. The molecule has 0 atom stereocenters. The molecule has 0 unspecified atom stereocenters. The molecule has 3 nitrogen and oxygen atoms in total. The first-order valence-electron chi connectivity index (χ1n) is 5.60. The Hall–Kier alpha value is -1.35. The van der Waals surface area contributed by atoms with Crippen molar-refractivity contribution in [3.05, 3.63) is 29.8 Å². The Labute approximate surface area is 97.2 Å². The number of hydrogen-bond donors (Lipinski definition) is 1. The molecule has 0 saturated heterocycles. The first-order chi connectivity index (χ1) is 7.56. The van der Waals surface area contributed by atoms with Gasteiger partial charge in [0.25, 0.3) is 0 Å². The largest absolute Gasteiger partial charge is 0.326 e. The SMILES string of the molecule is CC(C)CC(=O)N(C)c1ccccc1CN. The van der Waals surface area contributed by atoms with Gasteiger partial charge in [0, 0.05) is 25.7 Å². The van der Waals surface area contributed by atoms with Crippen molar-refractivity contribution in [2.24, 2.45) is 11.7 Å². The number of carbonyl (C=O) groups excluding carboxylic acids is 1. The van der Waals surface area contributed by atoms with Crippen LogP contribution in [0, 0.1) is 5.92 Å². The van der Waals surface area contributed by atoms with Crippen molar-refractivity contribution < 1.29 is 4.79 Å². The lowest BCUT2D eigenvalue weighted by atomic mass is 10.1. The van der Waals surface area contributed by atoms with E-state index in [1.165, 1.54) is 0 Å². The Kier molecular flexibility index (Phi) is 4.50. The molecule has 16 heavy (non-hydrogen) atoms. The molecule has 1 amide bonds. The molecule has 88 valence electrons. The summed E-state index contributed by atoms with van der Waals surface area (Å²) in [5, 5.41) is 0. The van der Waals surface area contributed by atoms with E-state index in [1.807, 2.05) is 38.1 Å². The van der Waals surface area contributed by atoms with Gasteiger partial charge in [-0.2, -0.15) is 0 Å². The average molecular weight is 220 g/mol. The molecule has 0 aromatic heterocycles. The number of nitrogens with zero attached hydrogens (tertiary/aromatic N) is 1. The second-order valence-electron chi connectivity index (χ2n) is 4.38. The van der Waals surface area contributed by atoms with Crippen LogP contribution < -0.4 is 10.6 Å². The van der Waals surface area contributed by atoms with Crippen LogP contribution in [0.1, 0.15) is 25.8 Å². The molecule has 0 saturated carbocycles. The van der Waals surface area contributed by atoms with Crippen LogP contribution in [0.15, 0.2) is 24.3 Å². The number of nitrogens with two attached hydrogens (primary N) is 1. The van der Waals surface area contributed by atoms with Crippen molar-refractivity contribution in [1.82, 2.24) is 0 Å². The third-order valence-corrected chi connectivity index (χ3v) is 2.53. The second-order valence-corrected chi connectivity index (χ2v) is 4.38. The molecule has 0 bridgehead atoms. The van der Waals surface area contributed by atoms with Crippen LogP contribution in [0.2, 0.25) is 0 Å². The van der Waals surface area contributed by atoms with E-state index in [0.717, 1.165) is 11.3 Å². The summed E-state index contributed by atoms with van der Waals surface area (Å²) in [5.41, 5.74) is 7.57. The van der Waals surface area contributed by atoms with Gasteiger partial charge in [-0.15, -0.1) is 0 Å². The van der Waals surface area contributed by atoms with Crippen molar-refractivity contribution >= 4 is 11.6 Å². The predicted molar refractivity (Wildman–Crippen MR) is 67.2 cm³/mol. The lowest BCUT2D eigenvalue weighted by Gasteiger charge is -2.21. The van der Waals surface area contributed by atoms with Gasteiger partial charge in [0.05, 0.1) is 0 Å². The second kappa shape index (κ2) is 5.66. The third kappa shape index (κ3) is 3.07. The zero-order valence-electron chi connectivity index (χ0n) is 10.2. The van der Waals surface area contributed by atoms with E-state index >= 15 is 0 Å². The van der Waals surface area contributed by atoms with Crippen molar-refractivity contribution in [3.63, 3.8) is 0 Å². The van der Waals surface area contributed by atoms with Gasteiger partial charge in [-0.05, 0) is 17.5 Å². The molecule has 1 rings (SSSR count). The van der Waals surface area contributed by atoms with Crippen molar-refractivity contribution in [3.8, 4) is 0 Å². The number of hydrogen-bond acceptors (Lipinski definition) is 2. The van der Waals surface area contributed by atoms with Crippen LogP contribution in [0.5, 0.6) is 0 Å². The van der Waals surface area contributed by atoms with E-state index in [2.05, 4.69) is 0 Å². The molecule has 0 heterocycles. The van der Waals surface area contributed by atoms with Gasteiger partial charge in [-0.25, -0.2) is 0 Å². The fourth-order valence-electron chi connectivity index (χ4n) is 1.63. The van der Waals surface area contributed by atoms with E-state index in [9.17, 15) is 4.79 Å². The molecular weight excluding hydrogens is 200 g/mol. The number of rotatable bonds is 4. The van der Waals surface area contributed by atoms with E-state index in [0.29, 0.717) is 18.9 Å². The van der Waals surface area contributed by atoms with E-state index in [4.69, 9.17) is 5.73 Å². The first-order valence-corrected chi connectivity index (χ1v) is 5.60. The van der Waals surface area contributed by atoms with E-state index in [-0.39, 0.29) is 5.91 Å². The predicted octanol–water partition coefficient (Wildman–Crippen LogP) is 2.15. The van der Waals surface area contributed by atoms with Gasteiger partial charge in [0.2, 0.25) is 5.91 Å². The van der Waals surface area contributed by atoms with Crippen molar-refractivity contribution in [2.45, 2.75) is 26.8 Å². The first kappa shape index (κ1) is 12.7. The van der Waals surface area contributed by atoms with Crippen molar-refractivity contribution in [1.29, 1.82) is 0 Å². The van der Waals surface area contributed by atoms with Gasteiger partial charge in [0.15, 0.2) is 0 Å². The highest BCUT2D eigenvalue weighted by atomic mass is 16.2. The van der Waals surface area contributed by atoms with Gasteiger partial charge >= 0.3 is 0 Å². The number of amides is 1. The Morgan fingerprint density at radius 1 is 1.38 bits per heavy atom. The summed E-state index contributed by atoms with van der Waals surface area (Å²) in [7, 11) is 1.80. The summed E-state index contributed by atoms with van der Waals surface area (Å²) in [6, 6.07) is 7.75. The standard InChI is InChI=1S/C13H20N2O/c1-10(2)8-13(16)15(3)12-7-5-4-6-11(12)9-14/h4-7,10H,8-9,14H2,1-3H3. The Balaban J connectivity index is 2.87. The number of anilines is 1. The van der Waals surface area contributed by atoms with Crippen molar-refractivity contribution in [2.75, 3.05) is 11.9 Å². The maximum absolute atomic E-state index is 11.9. The van der Waals surface area contributed by atoms with Crippen LogP contribution in [0.4, 0.5) is 5.69 Å². The highest BCUT2D eigenvalue weighted by Crippen LogP contribution is 2.20. The maximum Gasteiger partial charge on any atom is 0.226 e. The Morgan fingerprint density at radius 3 is 2.56 bits per heavy atom. The van der Waals surface area contributed by atoms with Gasteiger partial charge in [-0.3, -0.25) is 4.79 Å². The summed E-state index contributed by atoms with van der Waals surface area (Å²) >= 11 is 0. The van der Waals surface area contributed by atoms with Crippen LogP contribution in [-0.2, 0) is 11.3 Å². The highest BCUT2D eigenvalue weighted by molar-refractivity contribution is 5.93. The number of para-hydroxylation sites is 1. The molecule has 3 heteroatoms. The summed E-state index contributed by atoms with van der Waals surface area (Å²) in [5.74, 6) is 0.510. The molecule has 0 aliphatic rings. The van der Waals surface area contributed by atoms with Gasteiger partial charge in [-0.1, -0.05) is 32.0 Å². The summed E-state index contributed by atoms with van der Waals surface area (Å²) in [4.78, 5) is 13.6. The fraction of sp³-hybridized carbons (Fsp3) is 0.462. The smallest absolute Gasteiger partial charge is 0.226 e. The lowest BCUT2D eigenvalue weighted by molar-refractivity contribution is -0.119. The number of benzene rings is 1. The van der Waals surface area contributed by atoms with Crippen LogP contribution >= 0.6 is 0 Å². The summed E-state index contributed by atoms with van der Waals surface area (Å²) in [6.45, 7) is 4.54. The van der Waals surface area contributed by atoms with Gasteiger partial charge < -0.3 is 10.6 Å². The molecule has 1 aromatic carbocycles. The lowest BCUT2D eigenvalue weighted by Crippen LogP contribution is -2.28. The van der Waals surface area contributed by atoms with Crippen LogP contribution in [-0.4, -0.2) is 13.0 Å². The fourth-order valence-corrected chi connectivity index (χ4v) is 1.63. The highest BCUT2D eigenvalue weighted by Gasteiger charge is 2.14. The Bertz CT molecular complexity index is 361. The molecule has 2 N–H and O–H groups in total. The topological polar surface area (TPSA) is 46.3 Å². The molecule has 0 radical (unpaired) electrons. The molecule has 0 spiro atoms. The maximum atomic E-state index is 11.9. The Morgan fingerprint density at radius 2 is 2.00 bits per heavy atom. The molecule has 1 aromatic rings. The zero-order chi connectivity index (χ0) is 12.1. The van der Waals surface area contributed by atoms with E-state index < -0.39 is 0 Å². The monoisotopic (exact) mass is 220 g/mol. The van der Waals surface area contributed by atoms with Crippen LogP contribution in [0.25, 0.3) is 0 Å². The van der Waals surface area contributed by atoms with E-state index in [1.54, 1.807) is 11.9 Å². The molecule has 0 aliphatic carbocycles.